The molecule has 1 aliphatic heterocycles. The zero-order valence-corrected chi connectivity index (χ0v) is 14.3. The monoisotopic (exact) mass is 333 g/mol. The number of quaternary nitrogens is 1. The van der Waals surface area contributed by atoms with E-state index in [1.807, 2.05) is 31.2 Å². The minimum absolute atomic E-state index is 0.0567. The molecule has 0 bridgehead atoms. The second-order valence-corrected chi connectivity index (χ2v) is 6.64. The fraction of sp³-hybridized carbons (Fsp3) is 0.412. The van der Waals surface area contributed by atoms with Crippen molar-refractivity contribution in [3.05, 3.63) is 56.5 Å². The Bertz CT molecular complexity index is 750. The van der Waals surface area contributed by atoms with Crippen LogP contribution in [-0.4, -0.2) is 43.2 Å². The molecule has 2 N–H and O–H groups in total. The molecule has 1 saturated heterocycles. The van der Waals surface area contributed by atoms with Crippen LogP contribution < -0.4 is 15.4 Å². The van der Waals surface area contributed by atoms with Crippen LogP contribution in [0.25, 0.3) is 0 Å². The predicted molar refractivity (Wildman–Crippen MR) is 92.7 cm³/mol. The lowest BCUT2D eigenvalue weighted by molar-refractivity contribution is -0.880. The Kier molecular flexibility index (Phi) is 4.68. The summed E-state index contributed by atoms with van der Waals surface area (Å²) in [6.07, 6.45) is 0.544. The molecule has 1 fully saturated rings. The van der Waals surface area contributed by atoms with Gasteiger partial charge in [-0.25, -0.2) is 4.98 Å². The van der Waals surface area contributed by atoms with E-state index in [1.165, 1.54) is 4.90 Å². The summed E-state index contributed by atoms with van der Waals surface area (Å²) in [5.74, 6) is 0.690. The van der Waals surface area contributed by atoms with Crippen molar-refractivity contribution in [3.8, 4) is 0 Å². The first-order valence-corrected chi connectivity index (χ1v) is 8.31. The van der Waals surface area contributed by atoms with E-state index in [-0.39, 0.29) is 5.56 Å². The number of aromatic nitrogens is 2. The molecule has 2 heterocycles. The quantitative estimate of drug-likeness (QED) is 0.867. The van der Waals surface area contributed by atoms with E-state index >= 15 is 0 Å². The number of benzene rings is 1. The van der Waals surface area contributed by atoms with E-state index in [0.717, 1.165) is 37.4 Å². The van der Waals surface area contributed by atoms with Crippen molar-refractivity contribution >= 4 is 17.5 Å². The van der Waals surface area contributed by atoms with Gasteiger partial charge in [0.1, 0.15) is 0 Å². The average molecular weight is 334 g/mol. The van der Waals surface area contributed by atoms with Gasteiger partial charge >= 0.3 is 0 Å². The predicted octanol–water partition coefficient (Wildman–Crippen LogP) is 0.657. The van der Waals surface area contributed by atoms with Gasteiger partial charge in [0.25, 0.3) is 5.56 Å². The van der Waals surface area contributed by atoms with Crippen LogP contribution in [0.5, 0.6) is 0 Å². The molecule has 6 heteroatoms. The number of H-pyrrole nitrogens is 1. The maximum Gasteiger partial charge on any atom is 0.256 e. The van der Waals surface area contributed by atoms with Gasteiger partial charge < -0.3 is 9.80 Å². The number of aromatic amines is 1. The molecule has 1 aromatic carbocycles. The Hall–Kier alpha value is -1.85. The van der Waals surface area contributed by atoms with E-state index in [4.69, 9.17) is 11.6 Å². The molecule has 0 spiro atoms. The van der Waals surface area contributed by atoms with Gasteiger partial charge in [0.2, 0.25) is 5.95 Å². The fourth-order valence-corrected chi connectivity index (χ4v) is 3.12. The van der Waals surface area contributed by atoms with Gasteiger partial charge in [0.15, 0.2) is 0 Å². The third kappa shape index (κ3) is 3.74. The van der Waals surface area contributed by atoms with Gasteiger partial charge in [-0.05, 0) is 24.6 Å². The lowest BCUT2D eigenvalue weighted by atomic mass is 10.1. The summed E-state index contributed by atoms with van der Waals surface area (Å²) in [5, 5.41) is 0.682. The first kappa shape index (κ1) is 16.0. The molecule has 3 rings (SSSR count). The highest BCUT2D eigenvalue weighted by atomic mass is 35.5. The Morgan fingerprint density at radius 3 is 2.74 bits per heavy atom. The second-order valence-electron chi connectivity index (χ2n) is 6.20. The summed E-state index contributed by atoms with van der Waals surface area (Å²) < 4.78 is 0. The second kappa shape index (κ2) is 6.72. The molecular weight excluding hydrogens is 312 g/mol. The van der Waals surface area contributed by atoms with Crippen LogP contribution in [0.4, 0.5) is 5.95 Å². The van der Waals surface area contributed by atoms with E-state index in [1.54, 1.807) is 0 Å². The van der Waals surface area contributed by atoms with Gasteiger partial charge in [-0.2, -0.15) is 0 Å². The van der Waals surface area contributed by atoms with Gasteiger partial charge in [-0.3, -0.25) is 9.78 Å². The normalized spacial score (nSPS) is 15.9. The Labute approximate surface area is 140 Å². The molecule has 0 atom stereocenters. The molecule has 1 aliphatic rings. The summed E-state index contributed by atoms with van der Waals surface area (Å²) >= 11 is 6.02. The Morgan fingerprint density at radius 1 is 1.35 bits per heavy atom. The van der Waals surface area contributed by atoms with Crippen LogP contribution in [0.2, 0.25) is 5.02 Å². The first-order valence-electron chi connectivity index (χ1n) is 7.93. The summed E-state index contributed by atoms with van der Waals surface area (Å²) in [6, 6.07) is 7.59. The lowest BCUT2D eigenvalue weighted by Gasteiger charge is -2.30. The molecule has 122 valence electrons. The van der Waals surface area contributed by atoms with Crippen molar-refractivity contribution in [1.82, 2.24) is 9.97 Å². The van der Waals surface area contributed by atoms with Crippen molar-refractivity contribution in [2.45, 2.75) is 13.3 Å². The smallest absolute Gasteiger partial charge is 0.256 e. The molecule has 0 saturated carbocycles. The van der Waals surface area contributed by atoms with Crippen molar-refractivity contribution in [2.24, 2.45) is 0 Å². The minimum Gasteiger partial charge on any atom is -0.334 e. The maximum absolute atomic E-state index is 12.5. The van der Waals surface area contributed by atoms with Gasteiger partial charge in [-0.15, -0.1) is 0 Å². The summed E-state index contributed by atoms with van der Waals surface area (Å²) in [6.45, 7) is 5.86. The zero-order chi connectivity index (χ0) is 16.4. The third-order valence-corrected chi connectivity index (χ3v) is 4.63. The fourth-order valence-electron chi connectivity index (χ4n) is 2.90. The molecule has 5 nitrogen and oxygen atoms in total. The number of hydrogen-bond donors (Lipinski definition) is 2. The Balaban J connectivity index is 1.84. The van der Waals surface area contributed by atoms with Crippen LogP contribution in [0.15, 0.2) is 29.1 Å². The van der Waals surface area contributed by atoms with Crippen LogP contribution in [0.3, 0.4) is 0 Å². The molecule has 0 radical (unpaired) electrons. The molecule has 0 aliphatic carbocycles. The lowest BCUT2D eigenvalue weighted by Crippen LogP contribution is -3.12. The van der Waals surface area contributed by atoms with Gasteiger partial charge in [-0.1, -0.05) is 23.7 Å². The number of hydrogen-bond acceptors (Lipinski definition) is 3. The number of aryl methyl sites for hydroxylation is 1. The number of nitrogens with one attached hydrogen (secondary N) is 2. The third-order valence-electron chi connectivity index (χ3n) is 4.40. The highest BCUT2D eigenvalue weighted by Gasteiger charge is 2.20. The molecule has 2 aromatic rings. The van der Waals surface area contributed by atoms with E-state index in [2.05, 4.69) is 21.9 Å². The van der Waals surface area contributed by atoms with Crippen LogP contribution in [0, 0.1) is 6.92 Å². The van der Waals surface area contributed by atoms with Gasteiger partial charge in [0, 0.05) is 17.0 Å². The number of rotatable bonds is 3. The van der Waals surface area contributed by atoms with Crippen molar-refractivity contribution < 1.29 is 4.90 Å². The SMILES string of the molecule is Cc1nc(N2CC[NH+](C)CC2)[nH]c(=O)c1Cc1cccc(Cl)c1. The van der Waals surface area contributed by atoms with E-state index < -0.39 is 0 Å². The van der Waals surface area contributed by atoms with Crippen LogP contribution in [0.1, 0.15) is 16.8 Å². The van der Waals surface area contributed by atoms with Crippen molar-refractivity contribution in [2.75, 3.05) is 38.1 Å². The highest BCUT2D eigenvalue weighted by molar-refractivity contribution is 6.30. The molecule has 0 amide bonds. The molecular formula is C17H22ClN4O+. The molecule has 1 aromatic heterocycles. The first-order chi connectivity index (χ1) is 11.0. The number of halogens is 1. The number of likely N-dealkylation sites (N-methyl/N-ethyl adjacent to an activating group) is 1. The van der Waals surface area contributed by atoms with E-state index in [0.29, 0.717) is 23.0 Å². The zero-order valence-electron chi connectivity index (χ0n) is 13.5. The minimum atomic E-state index is -0.0567. The molecule has 23 heavy (non-hydrogen) atoms. The van der Waals surface area contributed by atoms with E-state index in [9.17, 15) is 4.79 Å². The van der Waals surface area contributed by atoms with Crippen LogP contribution in [-0.2, 0) is 6.42 Å². The number of piperazine rings is 1. The topological polar surface area (TPSA) is 53.4 Å². The van der Waals surface area contributed by atoms with Crippen molar-refractivity contribution in [1.29, 1.82) is 0 Å². The average Bonchev–Trinajstić information content (AvgIpc) is 2.51. The van der Waals surface area contributed by atoms with Crippen LogP contribution >= 0.6 is 11.6 Å². The summed E-state index contributed by atoms with van der Waals surface area (Å²) in [7, 11) is 2.19. The summed E-state index contributed by atoms with van der Waals surface area (Å²) in [5.41, 5.74) is 2.45. The maximum atomic E-state index is 12.5. The Morgan fingerprint density at radius 2 is 2.09 bits per heavy atom. The highest BCUT2D eigenvalue weighted by Crippen LogP contribution is 2.15. The molecule has 0 unspecified atom stereocenters. The van der Waals surface area contributed by atoms with Crippen molar-refractivity contribution in [3.63, 3.8) is 0 Å². The standard InChI is InChI=1S/C17H21ClN4O/c1-12-15(11-13-4-3-5-14(18)10-13)16(23)20-17(19-12)22-8-6-21(2)7-9-22/h3-5,10H,6-9,11H2,1-2H3,(H,19,20,23)/p+1. The van der Waals surface area contributed by atoms with Gasteiger partial charge in [0.05, 0.1) is 38.9 Å². The largest absolute Gasteiger partial charge is 0.334 e. The number of anilines is 1. The summed E-state index contributed by atoms with van der Waals surface area (Å²) in [4.78, 5) is 23.7. The number of nitrogens with zero attached hydrogens (tertiary/aromatic N) is 2.